The van der Waals surface area contributed by atoms with E-state index in [0.29, 0.717) is 18.5 Å². The third-order valence-electron chi connectivity index (χ3n) is 5.36. The number of nitrogens with zero attached hydrogens (tertiary/aromatic N) is 3. The molecule has 1 saturated carbocycles. The molecule has 1 aliphatic heterocycles. The van der Waals surface area contributed by atoms with Gasteiger partial charge < -0.3 is 9.51 Å². The molecule has 0 spiro atoms. The van der Waals surface area contributed by atoms with Crippen molar-refractivity contribution in [1.29, 1.82) is 0 Å². The van der Waals surface area contributed by atoms with Crippen molar-refractivity contribution in [2.45, 2.75) is 50.7 Å². The van der Waals surface area contributed by atoms with Crippen molar-refractivity contribution < 1.29 is 9.90 Å². The van der Waals surface area contributed by atoms with Gasteiger partial charge in [0.05, 0.1) is 0 Å². The Kier molecular flexibility index (Phi) is 3.37. The average molecular weight is 299 g/mol. The van der Waals surface area contributed by atoms with E-state index in [9.17, 15) is 9.90 Å². The molecule has 4 rings (SSSR count). The molecule has 1 N–H and O–H groups in total. The monoisotopic (exact) mass is 299 g/mol. The summed E-state index contributed by atoms with van der Waals surface area (Å²) in [5, 5.41) is 9.62. The third kappa shape index (κ3) is 2.20. The fourth-order valence-corrected chi connectivity index (χ4v) is 4.35. The van der Waals surface area contributed by atoms with Crippen LogP contribution in [-0.4, -0.2) is 37.4 Å². The minimum Gasteiger partial charge on any atom is -0.480 e. The molecule has 0 radical (unpaired) electrons. The summed E-state index contributed by atoms with van der Waals surface area (Å²) >= 11 is 0. The van der Waals surface area contributed by atoms with E-state index >= 15 is 0 Å². The van der Waals surface area contributed by atoms with Crippen LogP contribution < -0.4 is 0 Å². The Balaban J connectivity index is 1.66. The lowest BCUT2D eigenvalue weighted by Gasteiger charge is -2.33. The molecule has 2 fully saturated rings. The maximum atomic E-state index is 11.7. The average Bonchev–Trinajstić information content (AvgIpc) is 3.13. The molecule has 2 aromatic heterocycles. The molecule has 1 saturated heterocycles. The van der Waals surface area contributed by atoms with E-state index in [2.05, 4.69) is 20.4 Å². The van der Waals surface area contributed by atoms with E-state index in [4.69, 9.17) is 0 Å². The summed E-state index contributed by atoms with van der Waals surface area (Å²) in [7, 11) is 0. The SMILES string of the molecule is O=C(O)C1CC2CCCCC2N1Cc1cccc2nccn12. The summed E-state index contributed by atoms with van der Waals surface area (Å²) < 4.78 is 2.06. The first-order valence-electron chi connectivity index (χ1n) is 8.13. The summed E-state index contributed by atoms with van der Waals surface area (Å²) in [4.78, 5) is 18.2. The van der Waals surface area contributed by atoms with Gasteiger partial charge in [-0.1, -0.05) is 18.9 Å². The van der Waals surface area contributed by atoms with Gasteiger partial charge in [-0.05, 0) is 37.3 Å². The number of fused-ring (bicyclic) bond motifs is 2. The lowest BCUT2D eigenvalue weighted by Crippen LogP contribution is -2.42. The zero-order valence-corrected chi connectivity index (χ0v) is 12.6. The number of rotatable bonds is 3. The highest BCUT2D eigenvalue weighted by Crippen LogP contribution is 2.40. The number of aromatic nitrogens is 2. The Labute approximate surface area is 129 Å². The molecule has 0 amide bonds. The molecule has 22 heavy (non-hydrogen) atoms. The minimum absolute atomic E-state index is 0.341. The van der Waals surface area contributed by atoms with E-state index in [1.165, 1.54) is 19.3 Å². The summed E-state index contributed by atoms with van der Waals surface area (Å²) in [6, 6.07) is 6.14. The van der Waals surface area contributed by atoms with Crippen molar-refractivity contribution in [3.8, 4) is 0 Å². The first-order chi connectivity index (χ1) is 10.7. The van der Waals surface area contributed by atoms with Gasteiger partial charge in [0.25, 0.3) is 0 Å². The van der Waals surface area contributed by atoms with Gasteiger partial charge in [0.2, 0.25) is 0 Å². The Morgan fingerprint density at radius 1 is 1.32 bits per heavy atom. The van der Waals surface area contributed by atoms with Crippen molar-refractivity contribution in [3.05, 3.63) is 36.3 Å². The summed E-state index contributed by atoms with van der Waals surface area (Å²) in [5.41, 5.74) is 2.04. The van der Waals surface area contributed by atoms with E-state index < -0.39 is 5.97 Å². The number of imidazole rings is 1. The van der Waals surface area contributed by atoms with Crippen LogP contribution in [0.2, 0.25) is 0 Å². The number of hydrogen-bond donors (Lipinski definition) is 1. The second kappa shape index (κ2) is 5.39. The van der Waals surface area contributed by atoms with Crippen LogP contribution in [0.15, 0.2) is 30.6 Å². The highest BCUT2D eigenvalue weighted by atomic mass is 16.4. The molecule has 0 bridgehead atoms. The third-order valence-corrected chi connectivity index (χ3v) is 5.36. The number of carbonyl (C=O) groups is 1. The summed E-state index contributed by atoms with van der Waals surface area (Å²) in [6.07, 6.45) is 9.34. The standard InChI is InChI=1S/C17H21N3O2/c21-17(22)15-10-12-4-1-2-6-14(12)20(15)11-13-5-3-7-16-18-8-9-19(13)16/h3,5,7-9,12,14-15H,1-2,4,6,10-11H2,(H,21,22). The highest BCUT2D eigenvalue weighted by Gasteiger charge is 2.45. The van der Waals surface area contributed by atoms with Gasteiger partial charge in [-0.25, -0.2) is 4.98 Å². The van der Waals surface area contributed by atoms with Crippen LogP contribution >= 0.6 is 0 Å². The van der Waals surface area contributed by atoms with E-state index in [1.54, 1.807) is 6.20 Å². The van der Waals surface area contributed by atoms with Gasteiger partial charge >= 0.3 is 5.97 Å². The van der Waals surface area contributed by atoms with E-state index in [-0.39, 0.29) is 6.04 Å². The van der Waals surface area contributed by atoms with Crippen LogP contribution in [0.1, 0.15) is 37.8 Å². The van der Waals surface area contributed by atoms with Crippen molar-refractivity contribution in [1.82, 2.24) is 14.3 Å². The largest absolute Gasteiger partial charge is 0.480 e. The zero-order chi connectivity index (χ0) is 15.1. The topological polar surface area (TPSA) is 57.8 Å². The number of aliphatic carboxylic acids is 1. The van der Waals surface area contributed by atoms with E-state index in [0.717, 1.165) is 24.2 Å². The molecular formula is C17H21N3O2. The Hall–Kier alpha value is -1.88. The van der Waals surface area contributed by atoms with Crippen molar-refractivity contribution >= 4 is 11.6 Å². The lowest BCUT2D eigenvalue weighted by molar-refractivity contribution is -0.142. The fraction of sp³-hybridized carbons (Fsp3) is 0.529. The number of pyridine rings is 1. The van der Waals surface area contributed by atoms with Gasteiger partial charge in [-0.2, -0.15) is 0 Å². The normalized spacial score (nSPS) is 28.8. The molecule has 3 atom stereocenters. The molecule has 5 nitrogen and oxygen atoms in total. The maximum Gasteiger partial charge on any atom is 0.320 e. The predicted molar refractivity (Wildman–Crippen MR) is 82.5 cm³/mol. The van der Waals surface area contributed by atoms with Crippen LogP contribution in [-0.2, 0) is 11.3 Å². The molecule has 1 aliphatic carbocycles. The highest BCUT2D eigenvalue weighted by molar-refractivity contribution is 5.74. The molecular weight excluding hydrogens is 278 g/mol. The van der Waals surface area contributed by atoms with Crippen molar-refractivity contribution in [2.24, 2.45) is 5.92 Å². The zero-order valence-electron chi connectivity index (χ0n) is 12.6. The summed E-state index contributed by atoms with van der Waals surface area (Å²) in [5.74, 6) is -0.121. The number of carboxylic acid groups (broad SMARTS) is 1. The second-order valence-electron chi connectivity index (χ2n) is 6.55. The quantitative estimate of drug-likeness (QED) is 0.946. The fourth-order valence-electron chi connectivity index (χ4n) is 4.35. The van der Waals surface area contributed by atoms with Gasteiger partial charge in [0.15, 0.2) is 0 Å². The van der Waals surface area contributed by atoms with Gasteiger partial charge in [-0.3, -0.25) is 9.69 Å². The Morgan fingerprint density at radius 3 is 3.05 bits per heavy atom. The second-order valence-corrected chi connectivity index (χ2v) is 6.55. The van der Waals surface area contributed by atoms with E-state index in [1.807, 2.05) is 18.3 Å². The number of carboxylic acids is 1. The first-order valence-corrected chi connectivity index (χ1v) is 8.13. The molecule has 0 aromatic carbocycles. The number of likely N-dealkylation sites (tertiary alicyclic amines) is 1. The van der Waals surface area contributed by atoms with Crippen molar-refractivity contribution in [2.75, 3.05) is 0 Å². The predicted octanol–water partition coefficient (Wildman–Crippen LogP) is 2.55. The molecule has 5 heteroatoms. The Morgan fingerprint density at radius 2 is 2.18 bits per heavy atom. The van der Waals surface area contributed by atoms with Gasteiger partial charge in [-0.15, -0.1) is 0 Å². The smallest absolute Gasteiger partial charge is 0.320 e. The molecule has 116 valence electrons. The van der Waals surface area contributed by atoms with Crippen LogP contribution in [0.3, 0.4) is 0 Å². The first kappa shape index (κ1) is 13.8. The van der Waals surface area contributed by atoms with Crippen LogP contribution in [0, 0.1) is 5.92 Å². The molecule has 2 aliphatic rings. The van der Waals surface area contributed by atoms with Crippen LogP contribution in [0.4, 0.5) is 0 Å². The minimum atomic E-state index is -0.674. The van der Waals surface area contributed by atoms with Crippen LogP contribution in [0.25, 0.3) is 5.65 Å². The molecule has 3 heterocycles. The molecule has 2 aromatic rings. The van der Waals surface area contributed by atoms with Crippen molar-refractivity contribution in [3.63, 3.8) is 0 Å². The van der Waals surface area contributed by atoms with Gasteiger partial charge in [0.1, 0.15) is 11.7 Å². The molecule has 3 unspecified atom stereocenters. The van der Waals surface area contributed by atoms with Crippen LogP contribution in [0.5, 0.6) is 0 Å². The number of hydrogen-bond acceptors (Lipinski definition) is 3. The Bertz CT molecular complexity index is 696. The lowest BCUT2D eigenvalue weighted by atomic mass is 9.85. The van der Waals surface area contributed by atoms with Gasteiger partial charge in [0, 0.05) is 30.7 Å². The summed E-state index contributed by atoms with van der Waals surface area (Å²) in [6.45, 7) is 0.686. The maximum absolute atomic E-state index is 11.7.